The first-order valence-corrected chi connectivity index (χ1v) is 6.65. The van der Waals surface area contributed by atoms with Gasteiger partial charge in [-0.15, -0.1) is 0 Å². The van der Waals surface area contributed by atoms with Gasteiger partial charge in [0.15, 0.2) is 0 Å². The van der Waals surface area contributed by atoms with Gasteiger partial charge in [0.1, 0.15) is 0 Å². The van der Waals surface area contributed by atoms with E-state index in [1.165, 1.54) is 4.90 Å². The molecule has 0 aromatic heterocycles. The van der Waals surface area contributed by atoms with Gasteiger partial charge in [-0.2, -0.15) is 0 Å². The Morgan fingerprint density at radius 2 is 1.62 bits per heavy atom. The van der Waals surface area contributed by atoms with E-state index in [2.05, 4.69) is 0 Å². The van der Waals surface area contributed by atoms with Crippen LogP contribution >= 0.6 is 0 Å². The van der Waals surface area contributed by atoms with Crippen LogP contribution in [0.2, 0.25) is 0 Å². The van der Waals surface area contributed by atoms with Gasteiger partial charge in [-0.05, 0) is 17.7 Å². The minimum absolute atomic E-state index is 0.0879. The van der Waals surface area contributed by atoms with E-state index in [0.717, 1.165) is 0 Å². The molecule has 1 aromatic carbocycles. The lowest BCUT2D eigenvalue weighted by molar-refractivity contribution is -0.137. The van der Waals surface area contributed by atoms with E-state index >= 15 is 0 Å². The number of carbonyl (C=O) groups excluding carboxylic acids is 1. The smallest absolute Gasteiger partial charge is 0.307 e. The Kier molecular flexibility index (Phi) is 5.90. The summed E-state index contributed by atoms with van der Waals surface area (Å²) in [6.07, 6.45) is -0.233. The highest BCUT2D eigenvalue weighted by Crippen LogP contribution is 2.18. The van der Waals surface area contributed by atoms with Crippen molar-refractivity contribution < 1.29 is 24.6 Å². The second-order valence-electron chi connectivity index (χ2n) is 5.03. The SMILES string of the molecule is CC(C)C(=O)N(CCC(=O)O)c1ccc(CC(=O)O)cc1. The van der Waals surface area contributed by atoms with Crippen LogP contribution in [0.1, 0.15) is 25.8 Å². The van der Waals surface area contributed by atoms with Crippen molar-refractivity contribution in [1.82, 2.24) is 0 Å². The van der Waals surface area contributed by atoms with Crippen molar-refractivity contribution >= 4 is 23.5 Å². The Morgan fingerprint density at radius 1 is 1.05 bits per heavy atom. The maximum Gasteiger partial charge on any atom is 0.307 e. The summed E-state index contributed by atoms with van der Waals surface area (Å²) in [4.78, 5) is 34.9. The number of anilines is 1. The van der Waals surface area contributed by atoms with Gasteiger partial charge in [0.05, 0.1) is 12.8 Å². The molecule has 1 rings (SSSR count). The fourth-order valence-electron chi connectivity index (χ4n) is 1.85. The summed E-state index contributed by atoms with van der Waals surface area (Å²) in [5, 5.41) is 17.5. The monoisotopic (exact) mass is 293 g/mol. The lowest BCUT2D eigenvalue weighted by atomic mass is 10.1. The van der Waals surface area contributed by atoms with E-state index in [4.69, 9.17) is 10.2 Å². The van der Waals surface area contributed by atoms with Gasteiger partial charge in [0.25, 0.3) is 0 Å². The van der Waals surface area contributed by atoms with E-state index in [0.29, 0.717) is 11.3 Å². The van der Waals surface area contributed by atoms with Crippen LogP contribution in [0, 0.1) is 5.92 Å². The molecule has 0 unspecified atom stereocenters. The number of carboxylic acids is 2. The molecule has 0 aliphatic rings. The topological polar surface area (TPSA) is 94.9 Å². The second-order valence-corrected chi connectivity index (χ2v) is 5.03. The van der Waals surface area contributed by atoms with Crippen molar-refractivity contribution in [2.24, 2.45) is 5.92 Å². The van der Waals surface area contributed by atoms with Gasteiger partial charge in [0, 0.05) is 18.2 Å². The zero-order valence-electron chi connectivity index (χ0n) is 12.1. The molecule has 0 radical (unpaired) electrons. The molecule has 0 atom stereocenters. The Hall–Kier alpha value is -2.37. The average Bonchev–Trinajstić information content (AvgIpc) is 2.39. The first-order valence-electron chi connectivity index (χ1n) is 6.65. The quantitative estimate of drug-likeness (QED) is 0.799. The van der Waals surface area contributed by atoms with Crippen LogP contribution < -0.4 is 4.90 Å². The highest BCUT2D eigenvalue weighted by Gasteiger charge is 2.19. The van der Waals surface area contributed by atoms with Crippen LogP contribution in [0.25, 0.3) is 0 Å². The number of carbonyl (C=O) groups is 3. The molecule has 2 N–H and O–H groups in total. The maximum absolute atomic E-state index is 12.2. The summed E-state index contributed by atoms with van der Waals surface area (Å²) >= 11 is 0. The first kappa shape index (κ1) is 16.7. The molecule has 21 heavy (non-hydrogen) atoms. The molecule has 0 bridgehead atoms. The van der Waals surface area contributed by atoms with Gasteiger partial charge >= 0.3 is 11.9 Å². The van der Waals surface area contributed by atoms with E-state index in [9.17, 15) is 14.4 Å². The van der Waals surface area contributed by atoms with Crippen molar-refractivity contribution in [3.05, 3.63) is 29.8 Å². The molecule has 0 aliphatic carbocycles. The summed E-state index contributed by atoms with van der Waals surface area (Å²) in [7, 11) is 0. The molecule has 0 saturated carbocycles. The molecule has 0 fully saturated rings. The number of benzene rings is 1. The largest absolute Gasteiger partial charge is 0.481 e. The molecule has 114 valence electrons. The van der Waals surface area contributed by atoms with Crippen molar-refractivity contribution in [3.63, 3.8) is 0 Å². The highest BCUT2D eigenvalue weighted by molar-refractivity contribution is 5.95. The molecular weight excluding hydrogens is 274 g/mol. The minimum Gasteiger partial charge on any atom is -0.481 e. The predicted molar refractivity (Wildman–Crippen MR) is 77.2 cm³/mol. The standard InChI is InChI=1S/C15H19NO5/c1-10(2)15(21)16(8-7-13(17)18)12-5-3-11(4-6-12)9-14(19)20/h3-6,10H,7-9H2,1-2H3,(H,17,18)(H,19,20). The maximum atomic E-state index is 12.2. The van der Waals surface area contributed by atoms with Crippen molar-refractivity contribution in [3.8, 4) is 0 Å². The fraction of sp³-hybridized carbons (Fsp3) is 0.400. The molecule has 1 aromatic rings. The third-order valence-corrected chi connectivity index (χ3v) is 2.91. The zero-order valence-corrected chi connectivity index (χ0v) is 12.1. The Bertz CT molecular complexity index is 521. The molecule has 0 heterocycles. The van der Waals surface area contributed by atoms with E-state index in [1.807, 2.05) is 0 Å². The van der Waals surface area contributed by atoms with Gasteiger partial charge in [0.2, 0.25) is 5.91 Å². The average molecular weight is 293 g/mol. The number of amides is 1. The highest BCUT2D eigenvalue weighted by atomic mass is 16.4. The number of hydrogen-bond donors (Lipinski definition) is 2. The van der Waals surface area contributed by atoms with Gasteiger partial charge in [-0.3, -0.25) is 14.4 Å². The molecular formula is C15H19NO5. The second kappa shape index (κ2) is 7.42. The van der Waals surface area contributed by atoms with Gasteiger partial charge < -0.3 is 15.1 Å². The number of nitrogens with zero attached hydrogens (tertiary/aromatic N) is 1. The van der Waals surface area contributed by atoms with E-state index in [1.54, 1.807) is 38.1 Å². The van der Waals surface area contributed by atoms with Crippen LogP contribution in [0.5, 0.6) is 0 Å². The van der Waals surface area contributed by atoms with Crippen LogP contribution in [0.4, 0.5) is 5.69 Å². The number of aliphatic carboxylic acids is 2. The first-order chi connectivity index (χ1) is 9.81. The van der Waals surface area contributed by atoms with E-state index < -0.39 is 11.9 Å². The van der Waals surface area contributed by atoms with Crippen LogP contribution in [-0.4, -0.2) is 34.6 Å². The predicted octanol–water partition coefficient (Wildman–Crippen LogP) is 1.78. The molecule has 0 spiro atoms. The summed E-state index contributed by atoms with van der Waals surface area (Å²) in [5.41, 5.74) is 1.20. The molecule has 6 heteroatoms. The van der Waals surface area contributed by atoms with Crippen LogP contribution in [0.15, 0.2) is 24.3 Å². The van der Waals surface area contributed by atoms with Gasteiger partial charge in [-0.1, -0.05) is 26.0 Å². The fourth-order valence-corrected chi connectivity index (χ4v) is 1.85. The molecule has 0 saturated heterocycles. The van der Waals surface area contributed by atoms with Gasteiger partial charge in [-0.25, -0.2) is 0 Å². The molecule has 0 aliphatic heterocycles. The Labute approximate surface area is 123 Å². The number of rotatable bonds is 7. The summed E-state index contributed by atoms with van der Waals surface area (Å²) < 4.78 is 0. The van der Waals surface area contributed by atoms with Crippen molar-refractivity contribution in [2.45, 2.75) is 26.7 Å². The summed E-state index contributed by atoms with van der Waals surface area (Å²) in [6.45, 7) is 3.58. The molecule has 1 amide bonds. The third kappa shape index (κ3) is 5.25. The Balaban J connectivity index is 2.94. The summed E-state index contributed by atoms with van der Waals surface area (Å²) in [6, 6.07) is 6.54. The van der Waals surface area contributed by atoms with Crippen molar-refractivity contribution in [2.75, 3.05) is 11.4 Å². The molecule has 6 nitrogen and oxygen atoms in total. The Morgan fingerprint density at radius 3 is 2.05 bits per heavy atom. The van der Waals surface area contributed by atoms with E-state index in [-0.39, 0.29) is 31.2 Å². The number of carboxylic acid groups (broad SMARTS) is 2. The number of hydrogen-bond acceptors (Lipinski definition) is 3. The van der Waals surface area contributed by atoms with Crippen LogP contribution in [-0.2, 0) is 20.8 Å². The normalized spacial score (nSPS) is 10.4. The zero-order chi connectivity index (χ0) is 16.0. The summed E-state index contributed by atoms with van der Waals surface area (Å²) in [5.74, 6) is -2.32. The van der Waals surface area contributed by atoms with Crippen molar-refractivity contribution in [1.29, 1.82) is 0 Å². The third-order valence-electron chi connectivity index (χ3n) is 2.91. The lowest BCUT2D eigenvalue weighted by Crippen LogP contribution is -2.36. The minimum atomic E-state index is -0.973. The van der Waals surface area contributed by atoms with Crippen LogP contribution in [0.3, 0.4) is 0 Å². The lowest BCUT2D eigenvalue weighted by Gasteiger charge is -2.24.